The van der Waals surface area contributed by atoms with E-state index in [0.717, 1.165) is 0 Å². The van der Waals surface area contributed by atoms with Crippen LogP contribution in [0.5, 0.6) is 0 Å². The number of thiophene rings is 2. The fraction of sp³-hybridized carbons (Fsp3) is 0.429. The van der Waals surface area contributed by atoms with E-state index in [2.05, 4.69) is 74.8 Å². The molecule has 0 spiro atoms. The molecule has 0 aromatic carbocycles. The summed E-state index contributed by atoms with van der Waals surface area (Å²) in [7, 11) is -2.83. The van der Waals surface area contributed by atoms with E-state index in [1.807, 2.05) is 0 Å². The minimum atomic E-state index is -1.42. The molecule has 3 rings (SSSR count). The van der Waals surface area contributed by atoms with Gasteiger partial charge >= 0.3 is 0 Å². The fourth-order valence-corrected chi connectivity index (χ4v) is 18.4. The van der Waals surface area contributed by atoms with E-state index >= 15 is 0 Å². The quantitative estimate of drug-likeness (QED) is 0.656. The van der Waals surface area contributed by atoms with Crippen molar-refractivity contribution < 1.29 is 0 Å². The molecule has 0 saturated heterocycles. The second kappa shape index (κ2) is 3.69. The average Bonchev–Trinajstić information content (AvgIpc) is 2.81. The molecule has 0 amide bonds. The molecule has 1 aliphatic heterocycles. The Morgan fingerprint density at radius 1 is 0.722 bits per heavy atom. The zero-order valence-corrected chi connectivity index (χ0v) is 15.6. The van der Waals surface area contributed by atoms with Crippen molar-refractivity contribution in [3.8, 4) is 0 Å². The van der Waals surface area contributed by atoms with E-state index in [4.69, 9.17) is 0 Å². The van der Waals surface area contributed by atoms with Gasteiger partial charge in [-0.25, -0.2) is 0 Å². The Bertz CT molecular complexity index is 529. The Morgan fingerprint density at radius 2 is 1.11 bits per heavy atom. The smallest absolute Gasteiger partial charge is 0.137 e. The molecule has 0 nitrogen and oxygen atoms in total. The van der Waals surface area contributed by atoms with Crippen molar-refractivity contribution in [3.05, 3.63) is 21.9 Å². The van der Waals surface area contributed by atoms with Gasteiger partial charge in [-0.05, 0) is 45.4 Å². The van der Waals surface area contributed by atoms with Crippen molar-refractivity contribution in [1.82, 2.24) is 0 Å². The van der Waals surface area contributed by atoms with Crippen molar-refractivity contribution in [2.75, 3.05) is 0 Å². The summed E-state index contributed by atoms with van der Waals surface area (Å²) in [5.41, 5.74) is 0. The predicted molar refractivity (Wildman–Crippen MR) is 91.6 cm³/mol. The molecule has 0 radical (unpaired) electrons. The SMILES string of the molecule is Cc1cc2c(s1)[Si](C)(C)c1sc(C)cc1[Si]2(C)C. The first-order chi connectivity index (χ1) is 8.24. The molecule has 0 N–H and O–H groups in total. The van der Waals surface area contributed by atoms with Gasteiger partial charge in [0.1, 0.15) is 16.1 Å². The summed E-state index contributed by atoms with van der Waals surface area (Å²) >= 11 is 4.15. The van der Waals surface area contributed by atoms with Crippen molar-refractivity contribution in [2.24, 2.45) is 0 Å². The topological polar surface area (TPSA) is 0 Å². The molecule has 0 saturated carbocycles. The van der Waals surface area contributed by atoms with E-state index in [1.165, 1.54) is 9.75 Å². The Morgan fingerprint density at radius 3 is 1.50 bits per heavy atom. The van der Waals surface area contributed by atoms with Crippen molar-refractivity contribution in [2.45, 2.75) is 40.0 Å². The average molecular weight is 309 g/mol. The number of hydrogen-bond donors (Lipinski definition) is 0. The maximum atomic E-state index is 2.54. The van der Waals surface area contributed by atoms with E-state index in [0.29, 0.717) is 0 Å². The third-order valence-electron chi connectivity index (χ3n) is 4.19. The Labute approximate surface area is 120 Å². The van der Waals surface area contributed by atoms with Crippen LogP contribution in [0.1, 0.15) is 9.75 Å². The molecule has 4 heteroatoms. The third kappa shape index (κ3) is 1.52. The summed E-state index contributed by atoms with van der Waals surface area (Å²) in [5.74, 6) is 0. The lowest BCUT2D eigenvalue weighted by molar-refractivity contribution is 1.63. The first-order valence-electron chi connectivity index (χ1n) is 6.47. The molecule has 0 atom stereocenters. The van der Waals surface area contributed by atoms with Gasteiger partial charge in [0.25, 0.3) is 0 Å². The fourth-order valence-electron chi connectivity index (χ4n) is 3.13. The first kappa shape index (κ1) is 12.8. The lowest BCUT2D eigenvalue weighted by Crippen LogP contribution is -2.75. The maximum Gasteiger partial charge on any atom is 0.137 e. The van der Waals surface area contributed by atoms with E-state index in [9.17, 15) is 0 Å². The van der Waals surface area contributed by atoms with Crippen LogP contribution in [0.2, 0.25) is 26.2 Å². The predicted octanol–water partition coefficient (Wildman–Crippen LogP) is 2.39. The minimum Gasteiger partial charge on any atom is -0.150 e. The van der Waals surface area contributed by atoms with Crippen LogP contribution in [-0.2, 0) is 0 Å². The van der Waals surface area contributed by atoms with Gasteiger partial charge in [-0.1, -0.05) is 26.2 Å². The van der Waals surface area contributed by atoms with Crippen molar-refractivity contribution >= 4 is 58.2 Å². The number of hydrogen-bond acceptors (Lipinski definition) is 2. The Kier molecular flexibility index (Phi) is 2.63. The molecule has 0 unspecified atom stereocenters. The van der Waals surface area contributed by atoms with Crippen LogP contribution in [0.3, 0.4) is 0 Å². The van der Waals surface area contributed by atoms with Crippen LogP contribution in [-0.4, -0.2) is 16.1 Å². The largest absolute Gasteiger partial charge is 0.150 e. The highest BCUT2D eigenvalue weighted by Gasteiger charge is 2.46. The summed E-state index contributed by atoms with van der Waals surface area (Å²) in [6.07, 6.45) is 0. The van der Waals surface area contributed by atoms with Crippen molar-refractivity contribution in [3.63, 3.8) is 0 Å². The summed E-state index contributed by atoms with van der Waals surface area (Å²) < 4.78 is 3.54. The molecule has 0 aliphatic carbocycles. The van der Waals surface area contributed by atoms with Gasteiger partial charge in [-0.2, -0.15) is 22.7 Å². The second-order valence-corrected chi connectivity index (χ2v) is 18.3. The highest BCUT2D eigenvalue weighted by Crippen LogP contribution is 2.23. The monoisotopic (exact) mass is 308 g/mol. The maximum absolute atomic E-state index is 2.54. The van der Waals surface area contributed by atoms with Gasteiger partial charge in [-0.3, -0.25) is 0 Å². The molecule has 18 heavy (non-hydrogen) atoms. The summed E-state index contributed by atoms with van der Waals surface area (Å²) in [6, 6.07) is 4.99. The number of aryl methyl sites for hydroxylation is 2. The van der Waals surface area contributed by atoms with Gasteiger partial charge in [0.15, 0.2) is 0 Å². The molecule has 3 heterocycles. The standard InChI is InChI=1S/C14H20S2Si2/c1-9-7-11-13(15-9)18(5,6)14-12(17(11,3)4)8-10(2)16-14/h7-8H,1-6H3. The van der Waals surface area contributed by atoms with Gasteiger partial charge in [-0.15, -0.1) is 0 Å². The zero-order valence-electron chi connectivity index (χ0n) is 12.0. The Balaban J connectivity index is 2.39. The Hall–Kier alpha value is -0.166. The summed E-state index contributed by atoms with van der Waals surface area (Å²) in [4.78, 5) is 3.01. The van der Waals surface area contributed by atoms with E-state index in [-0.39, 0.29) is 0 Å². The minimum absolute atomic E-state index is 1.41. The van der Waals surface area contributed by atoms with Crippen LogP contribution in [0.15, 0.2) is 12.1 Å². The second-order valence-electron chi connectivity index (χ2n) is 6.45. The number of rotatable bonds is 0. The molecule has 0 bridgehead atoms. The van der Waals surface area contributed by atoms with E-state index < -0.39 is 16.1 Å². The van der Waals surface area contributed by atoms with Crippen LogP contribution in [0, 0.1) is 13.8 Å². The molecule has 2 aromatic heterocycles. The molecular formula is C14H20S2Si2. The highest BCUT2D eigenvalue weighted by molar-refractivity contribution is 7.42. The van der Waals surface area contributed by atoms with Crippen LogP contribution in [0.25, 0.3) is 0 Å². The summed E-state index contributed by atoms with van der Waals surface area (Å²) in [5, 5.41) is 3.49. The van der Waals surface area contributed by atoms with Crippen LogP contribution in [0.4, 0.5) is 0 Å². The lowest BCUT2D eigenvalue weighted by atomic mass is 10.5. The molecular weight excluding hydrogens is 288 g/mol. The van der Waals surface area contributed by atoms with Gasteiger partial charge < -0.3 is 0 Å². The van der Waals surface area contributed by atoms with Gasteiger partial charge in [0.05, 0.1) is 0 Å². The molecule has 0 fully saturated rings. The normalized spacial score (nSPS) is 19.4. The third-order valence-corrected chi connectivity index (χ3v) is 16.7. The summed E-state index contributed by atoms with van der Waals surface area (Å²) in [6.45, 7) is 14.7. The lowest BCUT2D eigenvalue weighted by Gasteiger charge is -2.36. The molecule has 1 aliphatic rings. The van der Waals surface area contributed by atoms with Gasteiger partial charge in [0, 0.05) is 9.75 Å². The van der Waals surface area contributed by atoms with Crippen LogP contribution < -0.4 is 19.4 Å². The van der Waals surface area contributed by atoms with Crippen molar-refractivity contribution in [1.29, 1.82) is 0 Å². The van der Waals surface area contributed by atoms with Crippen LogP contribution >= 0.6 is 22.7 Å². The highest BCUT2D eigenvalue weighted by atomic mass is 32.1. The first-order valence-corrected chi connectivity index (χ1v) is 14.1. The molecule has 96 valence electrons. The van der Waals surface area contributed by atoms with E-state index in [1.54, 1.807) is 19.4 Å². The van der Waals surface area contributed by atoms with Gasteiger partial charge in [0.2, 0.25) is 0 Å². The number of fused-ring (bicyclic) bond motifs is 2. The molecule has 2 aromatic rings. The zero-order chi connectivity index (χ0) is 13.3.